The molecule has 0 fully saturated rings. The molecular formula is C76H122O6. The van der Waals surface area contributed by atoms with Gasteiger partial charge in [0.1, 0.15) is 13.2 Å². The smallest absolute Gasteiger partial charge is 0.306 e. The van der Waals surface area contributed by atoms with E-state index in [4.69, 9.17) is 14.2 Å². The van der Waals surface area contributed by atoms with E-state index in [1.165, 1.54) is 109 Å². The van der Waals surface area contributed by atoms with Gasteiger partial charge in [-0.1, -0.05) is 307 Å². The molecule has 0 N–H and O–H groups in total. The summed E-state index contributed by atoms with van der Waals surface area (Å²) in [4.78, 5) is 38.3. The molecule has 0 saturated heterocycles. The maximum Gasteiger partial charge on any atom is 0.306 e. The Kier molecular flexibility index (Phi) is 64.4. The van der Waals surface area contributed by atoms with Crippen LogP contribution in [0.5, 0.6) is 0 Å². The predicted molar refractivity (Wildman–Crippen MR) is 357 cm³/mol. The van der Waals surface area contributed by atoms with Crippen molar-refractivity contribution in [1.82, 2.24) is 0 Å². The van der Waals surface area contributed by atoms with Gasteiger partial charge >= 0.3 is 17.9 Å². The molecule has 0 bridgehead atoms. The van der Waals surface area contributed by atoms with E-state index in [-0.39, 0.29) is 37.5 Å². The molecule has 6 nitrogen and oxygen atoms in total. The highest BCUT2D eigenvalue weighted by molar-refractivity contribution is 5.71. The van der Waals surface area contributed by atoms with E-state index in [1.54, 1.807) is 0 Å². The maximum absolute atomic E-state index is 12.9. The minimum absolute atomic E-state index is 0.109. The van der Waals surface area contributed by atoms with Crippen LogP contribution < -0.4 is 0 Å². The summed E-state index contributed by atoms with van der Waals surface area (Å²) in [5, 5.41) is 0. The molecule has 0 aliphatic carbocycles. The average Bonchev–Trinajstić information content (AvgIpc) is 3.47. The molecule has 0 aromatic heterocycles. The monoisotopic (exact) mass is 1130 g/mol. The van der Waals surface area contributed by atoms with E-state index >= 15 is 0 Å². The Hall–Kier alpha value is -4.97. The van der Waals surface area contributed by atoms with Crippen LogP contribution in [0.2, 0.25) is 0 Å². The van der Waals surface area contributed by atoms with Gasteiger partial charge < -0.3 is 14.2 Å². The van der Waals surface area contributed by atoms with Gasteiger partial charge in [0.25, 0.3) is 0 Å². The van der Waals surface area contributed by atoms with Gasteiger partial charge in [-0.15, -0.1) is 0 Å². The topological polar surface area (TPSA) is 78.9 Å². The second-order valence-corrected chi connectivity index (χ2v) is 21.6. The van der Waals surface area contributed by atoms with Crippen molar-refractivity contribution < 1.29 is 28.6 Å². The Balaban J connectivity index is 4.31. The van der Waals surface area contributed by atoms with Crippen molar-refractivity contribution in [2.45, 2.75) is 290 Å². The Morgan fingerprint density at radius 2 is 0.500 bits per heavy atom. The Morgan fingerprint density at radius 1 is 0.256 bits per heavy atom. The lowest BCUT2D eigenvalue weighted by Gasteiger charge is -2.18. The van der Waals surface area contributed by atoms with Crippen LogP contribution in [0.3, 0.4) is 0 Å². The molecule has 0 aromatic rings. The zero-order chi connectivity index (χ0) is 59.2. The van der Waals surface area contributed by atoms with E-state index in [2.05, 4.69) is 173 Å². The first-order chi connectivity index (χ1) is 40.5. The molecule has 0 radical (unpaired) electrons. The molecule has 0 amide bonds. The van der Waals surface area contributed by atoms with Gasteiger partial charge in [-0.05, 0) is 116 Å². The molecule has 1 atom stereocenters. The first-order valence-electron chi connectivity index (χ1n) is 33.5. The number of hydrogen-bond acceptors (Lipinski definition) is 6. The molecule has 1 unspecified atom stereocenters. The Bertz CT molecular complexity index is 1830. The molecule has 6 heteroatoms. The Labute approximate surface area is 505 Å². The van der Waals surface area contributed by atoms with Crippen LogP contribution >= 0.6 is 0 Å². The predicted octanol–water partition coefficient (Wildman–Crippen LogP) is 23.3. The summed E-state index contributed by atoms with van der Waals surface area (Å²) in [5.41, 5.74) is 0. The third kappa shape index (κ3) is 65.8. The number of hydrogen-bond donors (Lipinski definition) is 0. The van der Waals surface area contributed by atoms with E-state index in [0.717, 1.165) is 128 Å². The minimum Gasteiger partial charge on any atom is -0.462 e. The van der Waals surface area contributed by atoms with Crippen molar-refractivity contribution in [1.29, 1.82) is 0 Å². The maximum atomic E-state index is 12.9. The molecule has 0 spiro atoms. The molecule has 462 valence electrons. The summed E-state index contributed by atoms with van der Waals surface area (Å²) in [6, 6.07) is 0. The van der Waals surface area contributed by atoms with Crippen molar-refractivity contribution >= 4 is 17.9 Å². The highest BCUT2D eigenvalue weighted by atomic mass is 16.6. The van der Waals surface area contributed by atoms with Crippen molar-refractivity contribution in [3.8, 4) is 0 Å². The van der Waals surface area contributed by atoms with Crippen molar-refractivity contribution in [3.05, 3.63) is 158 Å². The SMILES string of the molecule is CC/C=C\C/C=C\C/C=C\C/C=C\C/C=C\C/C=C\C/C=C\C/C=C\C/C=C\CCCCCCCCCC(=O)OCC(COC(=O)CC/C=C\C/C=C\C/C=C\C/C=C\CC)OC(=O)CCCCCCCCCCCCCCCCCC. The van der Waals surface area contributed by atoms with Gasteiger partial charge in [0.15, 0.2) is 6.10 Å². The van der Waals surface area contributed by atoms with Crippen LogP contribution in [-0.2, 0) is 28.6 Å². The average molecular weight is 1130 g/mol. The number of carbonyl (C=O) groups excluding carboxylic acids is 3. The molecule has 0 aliphatic heterocycles. The largest absolute Gasteiger partial charge is 0.462 e. The van der Waals surface area contributed by atoms with Gasteiger partial charge in [0, 0.05) is 19.3 Å². The number of rotatable bonds is 59. The van der Waals surface area contributed by atoms with Crippen LogP contribution in [0.15, 0.2) is 158 Å². The second kappa shape index (κ2) is 68.5. The van der Waals surface area contributed by atoms with Crippen molar-refractivity contribution in [3.63, 3.8) is 0 Å². The zero-order valence-electron chi connectivity index (χ0n) is 52.9. The fourth-order valence-electron chi connectivity index (χ4n) is 8.86. The summed E-state index contributed by atoms with van der Waals surface area (Å²) in [6.45, 7) is 6.35. The van der Waals surface area contributed by atoms with Crippen molar-refractivity contribution in [2.24, 2.45) is 0 Å². The summed E-state index contributed by atoms with van der Waals surface area (Å²) >= 11 is 0. The number of ether oxygens (including phenoxy) is 3. The van der Waals surface area contributed by atoms with Crippen LogP contribution in [0.1, 0.15) is 284 Å². The zero-order valence-corrected chi connectivity index (χ0v) is 52.9. The third-order valence-electron chi connectivity index (χ3n) is 13.8. The lowest BCUT2D eigenvalue weighted by Crippen LogP contribution is -2.30. The fraction of sp³-hybridized carbons (Fsp3) is 0.618. The highest BCUT2D eigenvalue weighted by Crippen LogP contribution is 2.16. The summed E-state index contributed by atoms with van der Waals surface area (Å²) in [7, 11) is 0. The molecule has 82 heavy (non-hydrogen) atoms. The number of esters is 3. The molecule has 0 rings (SSSR count). The third-order valence-corrected chi connectivity index (χ3v) is 13.8. The van der Waals surface area contributed by atoms with E-state index < -0.39 is 6.10 Å². The van der Waals surface area contributed by atoms with E-state index in [0.29, 0.717) is 19.3 Å². The van der Waals surface area contributed by atoms with Crippen LogP contribution in [0.25, 0.3) is 0 Å². The van der Waals surface area contributed by atoms with Crippen molar-refractivity contribution in [2.75, 3.05) is 13.2 Å². The minimum atomic E-state index is -0.817. The second-order valence-electron chi connectivity index (χ2n) is 21.6. The molecule has 0 aromatic carbocycles. The Morgan fingerprint density at radius 3 is 0.817 bits per heavy atom. The summed E-state index contributed by atoms with van der Waals surface area (Å²) in [5.74, 6) is -1.00. The van der Waals surface area contributed by atoms with Gasteiger partial charge in [-0.25, -0.2) is 0 Å². The lowest BCUT2D eigenvalue weighted by molar-refractivity contribution is -0.166. The van der Waals surface area contributed by atoms with E-state index in [9.17, 15) is 14.4 Å². The van der Waals surface area contributed by atoms with Gasteiger partial charge in [-0.3, -0.25) is 14.4 Å². The van der Waals surface area contributed by atoms with Gasteiger partial charge in [0.05, 0.1) is 0 Å². The van der Waals surface area contributed by atoms with Crippen LogP contribution in [-0.4, -0.2) is 37.2 Å². The molecule has 0 aliphatic rings. The lowest BCUT2D eigenvalue weighted by atomic mass is 10.0. The first kappa shape index (κ1) is 77.0. The first-order valence-corrected chi connectivity index (χ1v) is 33.5. The molecule has 0 heterocycles. The summed E-state index contributed by atoms with van der Waals surface area (Å²) in [6.07, 6.45) is 99.9. The van der Waals surface area contributed by atoms with Crippen LogP contribution in [0, 0.1) is 0 Å². The molecular weight excluding hydrogens is 1010 g/mol. The summed E-state index contributed by atoms with van der Waals surface area (Å²) < 4.78 is 16.8. The van der Waals surface area contributed by atoms with Gasteiger partial charge in [0.2, 0.25) is 0 Å². The van der Waals surface area contributed by atoms with E-state index in [1.807, 2.05) is 6.08 Å². The molecule has 0 saturated carbocycles. The normalized spacial score (nSPS) is 13.2. The quantitative estimate of drug-likeness (QED) is 0.0261. The van der Waals surface area contributed by atoms with Crippen LogP contribution in [0.4, 0.5) is 0 Å². The van der Waals surface area contributed by atoms with Gasteiger partial charge in [-0.2, -0.15) is 0 Å². The highest BCUT2D eigenvalue weighted by Gasteiger charge is 2.19. The standard InChI is InChI=1S/C76H122O6/c1-4-7-10-13-16-19-22-25-27-29-30-31-32-33-34-35-36-37-38-39-40-41-42-43-44-45-46-47-49-51-54-57-60-63-66-69-75(78)81-72-73(71-80-74(77)68-65-62-59-56-53-50-24-21-18-15-12-9-6-3)82-76(79)70-67-64-61-58-55-52-48-28-26-23-20-17-14-11-8-5-2/h7,9-10,12,16,18-19,21,25,27,30-31,33-34,36-37,39-40,42-43,45-46,50,53,59,62,73H,4-6,8,11,13-15,17,20,22-24,26,28-29,32,35,38,41,44,47-49,51-52,54-58,60-61,63-72H2,1-3H3/b10-7-,12-9-,19-16-,21-18-,27-25-,31-30-,34-33-,37-36-,40-39-,43-42-,46-45-,53-50-,62-59-. The number of allylic oxidation sites excluding steroid dienone is 26. The number of carbonyl (C=O) groups is 3. The number of unbranched alkanes of at least 4 members (excludes halogenated alkanes) is 22. The fourth-order valence-corrected chi connectivity index (χ4v) is 8.86.